The first-order valence-electron chi connectivity index (χ1n) is 10.6. The Hall–Kier alpha value is -0.865. The number of aromatic nitrogens is 1. The van der Waals surface area contributed by atoms with Crippen LogP contribution in [-0.2, 0) is 15.7 Å². The van der Waals surface area contributed by atoms with Crippen molar-refractivity contribution in [1.29, 1.82) is 0 Å². The Morgan fingerprint density at radius 2 is 2.06 bits per heavy atom. The highest BCUT2D eigenvalue weighted by Crippen LogP contribution is 2.36. The normalized spacial score (nSPS) is 31.7. The van der Waals surface area contributed by atoms with Gasteiger partial charge in [-0.05, 0) is 51.7 Å². The molecule has 1 aliphatic rings. The molecule has 0 spiro atoms. The summed E-state index contributed by atoms with van der Waals surface area (Å²) in [6.07, 6.45) is -7.43. The van der Waals surface area contributed by atoms with E-state index in [0.29, 0.717) is 0 Å². The van der Waals surface area contributed by atoms with Gasteiger partial charge in [0.2, 0.25) is 0 Å². The molecule has 18 heavy (non-hydrogen) atoms. The summed E-state index contributed by atoms with van der Waals surface area (Å²) in [5.74, 6) is 0. The molecule has 1 aromatic heterocycles. The molecule has 0 radical (unpaired) electrons. The largest absolute Gasteiger partial charge is 0.514 e. The summed E-state index contributed by atoms with van der Waals surface area (Å²) in [5, 5.41) is 0. The summed E-state index contributed by atoms with van der Waals surface area (Å²) in [5.41, 5.74) is -2.82. The topological polar surface area (TPSA) is 31.4 Å². The smallest absolute Gasteiger partial charge is 0.398 e. The molecule has 0 bridgehead atoms. The highest BCUT2D eigenvalue weighted by Gasteiger charge is 2.52. The van der Waals surface area contributed by atoms with E-state index >= 15 is 0 Å². The molecule has 2 rings (SSSR count). The molecule has 1 saturated heterocycles. The van der Waals surface area contributed by atoms with Gasteiger partial charge in [-0.15, -0.1) is 0 Å². The molecule has 0 atom stereocenters. The van der Waals surface area contributed by atoms with Crippen molar-refractivity contribution in [3.63, 3.8) is 0 Å². The summed E-state index contributed by atoms with van der Waals surface area (Å²) < 4.78 is 89.6. The third-order valence-electron chi connectivity index (χ3n) is 3.27. The van der Waals surface area contributed by atoms with Gasteiger partial charge in [0.05, 0.1) is 20.9 Å². The van der Waals surface area contributed by atoms with Crippen molar-refractivity contribution in [2.75, 3.05) is 0 Å². The first kappa shape index (κ1) is 5.64. The van der Waals surface area contributed by atoms with Crippen LogP contribution in [0.5, 0.6) is 0 Å². The number of pyridine rings is 1. The minimum Gasteiger partial charge on any atom is -0.398 e. The Labute approximate surface area is 124 Å². The van der Waals surface area contributed by atoms with Crippen molar-refractivity contribution in [3.8, 4) is 0 Å². The van der Waals surface area contributed by atoms with Crippen LogP contribution in [-0.4, -0.2) is 23.3 Å². The van der Waals surface area contributed by atoms with Crippen LogP contribution < -0.4 is 5.59 Å². The lowest BCUT2D eigenvalue weighted by Crippen LogP contribution is -2.41. The maximum Gasteiger partial charge on any atom is 0.514 e. The standard InChI is InChI=1S/C14H22BNO2/c1-6-7-11-8-9-16-12(10-11)15-17-13(2,3)14(4,5)18-15/h8-10H,6-7H2,1-5H3/i1D3,6D2,7D2,8D,9D,10D. The molecule has 0 unspecified atom stereocenters. The van der Waals surface area contributed by atoms with Crippen LogP contribution in [0.2, 0.25) is 0 Å². The molecule has 0 N–H and O–H groups in total. The van der Waals surface area contributed by atoms with Crippen LogP contribution in [0.15, 0.2) is 18.3 Å². The Balaban J connectivity index is 2.70. The van der Waals surface area contributed by atoms with Gasteiger partial charge in [-0.3, -0.25) is 4.98 Å². The van der Waals surface area contributed by atoms with Gasteiger partial charge in [0, 0.05) is 15.8 Å². The predicted molar refractivity (Wildman–Crippen MR) is 73.9 cm³/mol. The summed E-state index contributed by atoms with van der Waals surface area (Å²) >= 11 is 0. The van der Waals surface area contributed by atoms with Gasteiger partial charge >= 0.3 is 7.12 Å². The summed E-state index contributed by atoms with van der Waals surface area (Å²) in [6, 6.07) is -1.58. The number of hydrogen-bond donors (Lipinski definition) is 0. The first-order chi connectivity index (χ1) is 12.3. The summed E-state index contributed by atoms with van der Waals surface area (Å²) in [6.45, 7) is 3.59. The number of hydrogen-bond acceptors (Lipinski definition) is 3. The molecule has 3 nitrogen and oxygen atoms in total. The average molecular weight is 257 g/mol. The maximum absolute atomic E-state index is 8.33. The van der Waals surface area contributed by atoms with Gasteiger partial charge in [0.1, 0.15) is 0 Å². The number of rotatable bonds is 3. The van der Waals surface area contributed by atoms with Crippen molar-refractivity contribution in [2.24, 2.45) is 0 Å². The van der Waals surface area contributed by atoms with E-state index in [0.717, 1.165) is 0 Å². The van der Waals surface area contributed by atoms with E-state index in [-0.39, 0.29) is 5.59 Å². The lowest BCUT2D eigenvalue weighted by atomic mass is 9.83. The molecule has 1 aliphatic heterocycles. The van der Waals surface area contributed by atoms with E-state index in [9.17, 15) is 0 Å². The molecule has 1 fully saturated rings. The second-order valence-electron chi connectivity index (χ2n) is 5.07. The average Bonchev–Trinajstić information content (AvgIpc) is 2.69. The zero-order chi connectivity index (χ0) is 22.1. The Morgan fingerprint density at radius 1 is 1.39 bits per heavy atom. The lowest BCUT2D eigenvalue weighted by molar-refractivity contribution is 0.00578. The quantitative estimate of drug-likeness (QED) is 0.779. The van der Waals surface area contributed by atoms with E-state index in [1.807, 2.05) is 0 Å². The van der Waals surface area contributed by atoms with Gasteiger partial charge in [-0.2, -0.15) is 0 Å². The van der Waals surface area contributed by atoms with Crippen molar-refractivity contribution in [3.05, 3.63) is 23.8 Å². The highest BCUT2D eigenvalue weighted by molar-refractivity contribution is 6.61. The van der Waals surface area contributed by atoms with Crippen molar-refractivity contribution in [2.45, 2.75) is 58.5 Å². The lowest BCUT2D eigenvalue weighted by Gasteiger charge is -2.32. The van der Waals surface area contributed by atoms with Crippen LogP contribution in [0.4, 0.5) is 0 Å². The van der Waals surface area contributed by atoms with Crippen LogP contribution in [0.1, 0.15) is 60.2 Å². The fourth-order valence-electron chi connectivity index (χ4n) is 1.52. The van der Waals surface area contributed by atoms with Crippen LogP contribution in [0, 0.1) is 0 Å². The Kier molecular flexibility index (Phi) is 1.46. The first-order valence-corrected chi connectivity index (χ1v) is 5.62. The second kappa shape index (κ2) is 4.67. The van der Waals surface area contributed by atoms with Gasteiger partial charge < -0.3 is 9.31 Å². The maximum atomic E-state index is 8.33. The summed E-state index contributed by atoms with van der Waals surface area (Å²) in [4.78, 5) is 3.82. The molecule has 98 valence electrons. The molecular formula is C14H22BNO2. The second-order valence-corrected chi connectivity index (χ2v) is 5.07. The fourth-order valence-corrected chi connectivity index (χ4v) is 1.52. The molecule has 0 aliphatic carbocycles. The molecule has 0 saturated carbocycles. The molecular weight excluding hydrogens is 225 g/mol. The van der Waals surface area contributed by atoms with Crippen molar-refractivity contribution < 1.29 is 23.0 Å². The minimum absolute atomic E-state index is 0.306. The van der Waals surface area contributed by atoms with E-state index in [1.54, 1.807) is 27.7 Å². The minimum atomic E-state index is -3.42. The van der Waals surface area contributed by atoms with Crippen molar-refractivity contribution in [1.82, 2.24) is 4.98 Å². The summed E-state index contributed by atoms with van der Waals surface area (Å²) in [7, 11) is -1.25. The zero-order valence-corrected chi connectivity index (χ0v) is 10.8. The third kappa shape index (κ3) is 2.45. The van der Waals surface area contributed by atoms with Crippen LogP contribution >= 0.6 is 0 Å². The molecule has 0 amide bonds. The van der Waals surface area contributed by atoms with Gasteiger partial charge in [0.25, 0.3) is 0 Å². The van der Waals surface area contributed by atoms with E-state index in [1.165, 1.54) is 0 Å². The van der Waals surface area contributed by atoms with E-state index < -0.39 is 61.7 Å². The van der Waals surface area contributed by atoms with Gasteiger partial charge in [0.15, 0.2) is 0 Å². The van der Waals surface area contributed by atoms with Crippen molar-refractivity contribution >= 4 is 12.7 Å². The fraction of sp³-hybridized carbons (Fsp3) is 0.643. The Morgan fingerprint density at radius 3 is 2.67 bits per heavy atom. The van der Waals surface area contributed by atoms with E-state index in [2.05, 4.69) is 4.98 Å². The molecule has 1 aromatic rings. The number of nitrogens with zero attached hydrogens (tertiary/aromatic N) is 1. The molecule has 4 heteroatoms. The highest BCUT2D eigenvalue weighted by atomic mass is 16.7. The van der Waals surface area contributed by atoms with Crippen LogP contribution in [0.25, 0.3) is 0 Å². The van der Waals surface area contributed by atoms with Crippen LogP contribution in [0.3, 0.4) is 0 Å². The van der Waals surface area contributed by atoms with Gasteiger partial charge in [-0.25, -0.2) is 0 Å². The third-order valence-corrected chi connectivity index (χ3v) is 3.27. The van der Waals surface area contributed by atoms with Gasteiger partial charge in [-0.1, -0.05) is 13.2 Å². The monoisotopic (exact) mass is 257 g/mol. The zero-order valence-electron chi connectivity index (χ0n) is 20.8. The Bertz CT molecular complexity index is 777. The molecule has 0 aromatic carbocycles. The SMILES string of the molecule is [2H]c1nc(B2OC(C)(C)C(C)(C)O2)c([2H])c(C([2H])([2H])C([2H])([2H])C([2H])([2H])[2H])c1[2H]. The van der Waals surface area contributed by atoms with E-state index in [4.69, 9.17) is 23.0 Å². The molecule has 2 heterocycles. The predicted octanol–water partition coefficient (Wildman–Crippen LogP) is 2.33.